The summed E-state index contributed by atoms with van der Waals surface area (Å²) in [6.45, 7) is 3.62. The minimum absolute atomic E-state index is 0.247. The van der Waals surface area contributed by atoms with Crippen molar-refractivity contribution in [2.45, 2.75) is 0 Å². The van der Waals surface area contributed by atoms with E-state index in [2.05, 4.69) is 5.32 Å². The Labute approximate surface area is 148 Å². The number of carboxylic acids is 1. The number of aliphatic carboxylic acids is 1. The standard InChI is InChI=1S/C17H27NO7/c1-18-6-7-21-10-12-24-15-2-4-16(5-3-15)25-13-11-22-8-9-23-14-17(19)20/h2-5,18H,6-14H2,1H3,(H,19,20). The zero-order chi connectivity index (χ0) is 18.2. The maximum Gasteiger partial charge on any atom is 0.329 e. The van der Waals surface area contributed by atoms with Crippen molar-refractivity contribution in [2.75, 3.05) is 66.4 Å². The monoisotopic (exact) mass is 357 g/mol. The van der Waals surface area contributed by atoms with E-state index in [-0.39, 0.29) is 13.2 Å². The van der Waals surface area contributed by atoms with E-state index in [0.717, 1.165) is 18.0 Å². The molecule has 1 rings (SSSR count). The second kappa shape index (κ2) is 14.5. The first-order valence-corrected chi connectivity index (χ1v) is 8.17. The van der Waals surface area contributed by atoms with E-state index in [1.807, 2.05) is 31.3 Å². The second-order valence-corrected chi connectivity index (χ2v) is 4.94. The summed E-state index contributed by atoms with van der Waals surface area (Å²) >= 11 is 0. The lowest BCUT2D eigenvalue weighted by Gasteiger charge is -2.09. The molecule has 0 aromatic heterocycles. The van der Waals surface area contributed by atoms with Crippen molar-refractivity contribution in [3.05, 3.63) is 24.3 Å². The molecule has 0 saturated heterocycles. The summed E-state index contributed by atoms with van der Waals surface area (Å²) in [7, 11) is 1.88. The average molecular weight is 357 g/mol. The molecule has 0 saturated carbocycles. The molecule has 0 heterocycles. The molecule has 0 amide bonds. The molecule has 25 heavy (non-hydrogen) atoms. The van der Waals surface area contributed by atoms with Gasteiger partial charge in [-0.15, -0.1) is 0 Å². The van der Waals surface area contributed by atoms with Crippen LogP contribution in [0.3, 0.4) is 0 Å². The minimum Gasteiger partial charge on any atom is -0.491 e. The molecule has 0 bridgehead atoms. The van der Waals surface area contributed by atoms with Gasteiger partial charge in [0.2, 0.25) is 0 Å². The zero-order valence-corrected chi connectivity index (χ0v) is 14.6. The lowest BCUT2D eigenvalue weighted by Crippen LogP contribution is -2.16. The second-order valence-electron chi connectivity index (χ2n) is 4.94. The van der Waals surface area contributed by atoms with Crippen LogP contribution in [-0.4, -0.2) is 77.5 Å². The summed E-state index contributed by atoms with van der Waals surface area (Å²) < 4.78 is 26.6. The molecule has 0 aliphatic heterocycles. The first-order valence-electron chi connectivity index (χ1n) is 8.17. The summed E-state index contributed by atoms with van der Waals surface area (Å²) in [4.78, 5) is 10.2. The topological polar surface area (TPSA) is 95.5 Å². The van der Waals surface area contributed by atoms with Crippen LogP contribution in [0.15, 0.2) is 24.3 Å². The van der Waals surface area contributed by atoms with E-state index < -0.39 is 5.97 Å². The number of carboxylic acid groups (broad SMARTS) is 1. The van der Waals surface area contributed by atoms with Crippen LogP contribution in [0.25, 0.3) is 0 Å². The number of benzene rings is 1. The van der Waals surface area contributed by atoms with Crippen LogP contribution in [0.2, 0.25) is 0 Å². The molecule has 0 spiro atoms. The molecule has 0 fully saturated rings. The van der Waals surface area contributed by atoms with Crippen LogP contribution < -0.4 is 14.8 Å². The van der Waals surface area contributed by atoms with Gasteiger partial charge in [-0.1, -0.05) is 0 Å². The van der Waals surface area contributed by atoms with Gasteiger partial charge in [-0.05, 0) is 31.3 Å². The van der Waals surface area contributed by atoms with Crippen LogP contribution in [0.1, 0.15) is 0 Å². The minimum atomic E-state index is -0.989. The molecule has 0 radical (unpaired) electrons. The molecule has 1 aromatic rings. The Hall–Kier alpha value is -1.87. The van der Waals surface area contributed by atoms with Crippen molar-refractivity contribution in [1.82, 2.24) is 5.32 Å². The molecular formula is C17H27NO7. The average Bonchev–Trinajstić information content (AvgIpc) is 2.61. The quantitative estimate of drug-likeness (QED) is 0.420. The number of hydrogen-bond donors (Lipinski definition) is 2. The molecule has 0 unspecified atom stereocenters. The lowest BCUT2D eigenvalue weighted by molar-refractivity contribution is -0.142. The maximum atomic E-state index is 10.2. The van der Waals surface area contributed by atoms with Gasteiger partial charge in [0.15, 0.2) is 0 Å². The molecule has 2 N–H and O–H groups in total. The highest BCUT2D eigenvalue weighted by molar-refractivity contribution is 5.67. The van der Waals surface area contributed by atoms with E-state index in [1.54, 1.807) is 0 Å². The number of carbonyl (C=O) groups is 1. The van der Waals surface area contributed by atoms with Gasteiger partial charge in [-0.3, -0.25) is 0 Å². The van der Waals surface area contributed by atoms with E-state index in [9.17, 15) is 4.79 Å². The Morgan fingerprint density at radius 1 is 0.840 bits per heavy atom. The Bertz CT molecular complexity index is 453. The fraction of sp³-hybridized carbons (Fsp3) is 0.588. The molecule has 1 aromatic carbocycles. The van der Waals surface area contributed by atoms with Crippen LogP contribution in [-0.2, 0) is 19.0 Å². The van der Waals surface area contributed by atoms with Crippen molar-refractivity contribution >= 4 is 5.97 Å². The first-order chi connectivity index (χ1) is 12.2. The van der Waals surface area contributed by atoms with Crippen LogP contribution in [0, 0.1) is 0 Å². The van der Waals surface area contributed by atoms with Gasteiger partial charge in [0, 0.05) is 6.54 Å². The highest BCUT2D eigenvalue weighted by atomic mass is 16.5. The van der Waals surface area contributed by atoms with Crippen molar-refractivity contribution in [3.8, 4) is 11.5 Å². The normalized spacial score (nSPS) is 10.6. The smallest absolute Gasteiger partial charge is 0.329 e. The van der Waals surface area contributed by atoms with Crippen molar-refractivity contribution in [2.24, 2.45) is 0 Å². The van der Waals surface area contributed by atoms with Gasteiger partial charge in [0.25, 0.3) is 0 Å². The molecule has 0 atom stereocenters. The predicted molar refractivity (Wildman–Crippen MR) is 91.5 cm³/mol. The molecule has 8 heteroatoms. The number of ether oxygens (including phenoxy) is 5. The Kier molecular flexibility index (Phi) is 12.3. The predicted octanol–water partition coefficient (Wildman–Crippen LogP) is 0.798. The Balaban J connectivity index is 2.01. The third kappa shape index (κ3) is 12.2. The van der Waals surface area contributed by atoms with Crippen LogP contribution in [0.5, 0.6) is 11.5 Å². The summed E-state index contributed by atoms with van der Waals surface area (Å²) in [5, 5.41) is 11.4. The van der Waals surface area contributed by atoms with Crippen molar-refractivity contribution in [3.63, 3.8) is 0 Å². The zero-order valence-electron chi connectivity index (χ0n) is 14.6. The summed E-state index contributed by atoms with van der Waals surface area (Å²) in [5.74, 6) is 0.497. The lowest BCUT2D eigenvalue weighted by atomic mass is 10.3. The molecular weight excluding hydrogens is 330 g/mol. The fourth-order valence-corrected chi connectivity index (χ4v) is 1.72. The van der Waals surface area contributed by atoms with Gasteiger partial charge in [-0.2, -0.15) is 0 Å². The fourth-order valence-electron chi connectivity index (χ4n) is 1.72. The maximum absolute atomic E-state index is 10.2. The third-order valence-corrected chi connectivity index (χ3v) is 2.91. The highest BCUT2D eigenvalue weighted by Gasteiger charge is 1.98. The van der Waals surface area contributed by atoms with Crippen LogP contribution >= 0.6 is 0 Å². The van der Waals surface area contributed by atoms with Gasteiger partial charge in [0.05, 0.1) is 33.0 Å². The molecule has 8 nitrogen and oxygen atoms in total. The number of likely N-dealkylation sites (N-methyl/N-ethyl adjacent to an activating group) is 1. The third-order valence-electron chi connectivity index (χ3n) is 2.91. The summed E-state index contributed by atoms with van der Waals surface area (Å²) in [6.07, 6.45) is 0. The van der Waals surface area contributed by atoms with Gasteiger partial charge in [0.1, 0.15) is 31.3 Å². The van der Waals surface area contributed by atoms with Crippen LogP contribution in [0.4, 0.5) is 0 Å². The Morgan fingerprint density at radius 3 is 1.84 bits per heavy atom. The van der Waals surface area contributed by atoms with Gasteiger partial charge >= 0.3 is 5.97 Å². The SMILES string of the molecule is CNCCOCCOc1ccc(OCCOCCOCC(=O)O)cc1. The largest absolute Gasteiger partial charge is 0.491 e. The highest BCUT2D eigenvalue weighted by Crippen LogP contribution is 2.17. The Morgan fingerprint density at radius 2 is 1.32 bits per heavy atom. The van der Waals surface area contributed by atoms with Gasteiger partial charge < -0.3 is 34.1 Å². The van der Waals surface area contributed by atoms with Crippen molar-refractivity contribution < 1.29 is 33.6 Å². The number of nitrogens with one attached hydrogen (secondary N) is 1. The van der Waals surface area contributed by atoms with Crippen molar-refractivity contribution in [1.29, 1.82) is 0 Å². The van der Waals surface area contributed by atoms with E-state index in [4.69, 9.17) is 28.8 Å². The molecule has 142 valence electrons. The first kappa shape index (κ1) is 21.2. The molecule has 0 aliphatic carbocycles. The van der Waals surface area contributed by atoms with Gasteiger partial charge in [-0.25, -0.2) is 4.79 Å². The summed E-state index contributed by atoms with van der Waals surface area (Å²) in [5.41, 5.74) is 0. The number of hydrogen-bond acceptors (Lipinski definition) is 7. The molecule has 0 aliphatic rings. The van der Waals surface area contributed by atoms with E-state index in [1.165, 1.54) is 0 Å². The summed E-state index contributed by atoms with van der Waals surface area (Å²) in [6, 6.07) is 7.33. The number of rotatable bonds is 16. The van der Waals surface area contributed by atoms with E-state index >= 15 is 0 Å². The van der Waals surface area contributed by atoms with E-state index in [0.29, 0.717) is 39.6 Å².